The van der Waals surface area contributed by atoms with Crippen molar-refractivity contribution in [2.24, 2.45) is 0 Å². The van der Waals surface area contributed by atoms with Crippen molar-refractivity contribution < 1.29 is 27.3 Å². The monoisotopic (exact) mass is 547 g/mol. The fourth-order valence-corrected chi connectivity index (χ4v) is 4.82. The standard InChI is InChI=1S/C26H33N3O6S2/c1-3-5-16-28-24(30)20(25(31)29(26(28)36)17-6-4-2)12-7-10-15-23-27(18-11-19-37(32,33)34)21-13-8-9-14-22(21)35-23/h7-10,12-15H,3-6,11,16-19H2,1-2H3,(H,32,33,34)/b10-7+,23-15-. The Morgan fingerprint density at radius 2 is 1.46 bits per heavy atom. The number of benzene rings is 1. The molecule has 0 unspecified atom stereocenters. The Kier molecular flexibility index (Phi) is 10.0. The quantitative estimate of drug-likeness (QED) is 0.181. The normalized spacial score (nSPS) is 17.3. The number of rotatable bonds is 12. The summed E-state index contributed by atoms with van der Waals surface area (Å²) in [4.78, 5) is 31.0. The molecule has 0 bridgehead atoms. The van der Waals surface area contributed by atoms with Gasteiger partial charge in [-0.25, -0.2) is 0 Å². The highest BCUT2D eigenvalue weighted by Gasteiger charge is 2.38. The van der Waals surface area contributed by atoms with Gasteiger partial charge in [-0.2, -0.15) is 8.42 Å². The minimum absolute atomic E-state index is 0.0519. The lowest BCUT2D eigenvalue weighted by Crippen LogP contribution is -2.56. The molecular weight excluding hydrogens is 514 g/mol. The van der Waals surface area contributed by atoms with Crippen molar-refractivity contribution >= 4 is 45.0 Å². The van der Waals surface area contributed by atoms with E-state index in [1.54, 1.807) is 24.3 Å². The Balaban J connectivity index is 1.81. The smallest absolute Gasteiger partial charge is 0.265 e. The van der Waals surface area contributed by atoms with E-state index >= 15 is 0 Å². The van der Waals surface area contributed by atoms with Crippen LogP contribution in [0.4, 0.5) is 5.69 Å². The highest BCUT2D eigenvalue weighted by Crippen LogP contribution is 2.38. The molecule has 0 atom stereocenters. The molecule has 2 amide bonds. The van der Waals surface area contributed by atoms with E-state index in [9.17, 15) is 18.0 Å². The lowest BCUT2D eigenvalue weighted by atomic mass is 10.1. The fraction of sp³-hybridized carbons (Fsp3) is 0.423. The van der Waals surface area contributed by atoms with Crippen LogP contribution in [-0.2, 0) is 19.7 Å². The van der Waals surface area contributed by atoms with Gasteiger partial charge in [0.05, 0.1) is 11.4 Å². The number of hydrogen-bond donors (Lipinski definition) is 1. The van der Waals surface area contributed by atoms with Gasteiger partial charge in [0.1, 0.15) is 5.57 Å². The topological polar surface area (TPSA) is 107 Å². The Bertz CT molecular complexity index is 1190. The van der Waals surface area contributed by atoms with Gasteiger partial charge in [0, 0.05) is 19.6 Å². The number of para-hydroxylation sites is 2. The molecule has 1 aromatic rings. The van der Waals surface area contributed by atoms with Gasteiger partial charge in [0.2, 0.25) is 5.88 Å². The second-order valence-corrected chi connectivity index (χ2v) is 10.7. The maximum atomic E-state index is 13.1. The van der Waals surface area contributed by atoms with E-state index in [0.717, 1.165) is 31.4 Å². The summed E-state index contributed by atoms with van der Waals surface area (Å²) in [5.41, 5.74) is 0.830. The van der Waals surface area contributed by atoms with Crippen molar-refractivity contribution in [2.75, 3.05) is 30.3 Å². The van der Waals surface area contributed by atoms with Crippen molar-refractivity contribution in [3.05, 3.63) is 60.0 Å². The molecule has 1 N–H and O–H groups in total. The fourth-order valence-electron chi connectivity index (χ4n) is 3.97. The van der Waals surface area contributed by atoms with Gasteiger partial charge in [-0.1, -0.05) is 51.0 Å². The van der Waals surface area contributed by atoms with Crippen molar-refractivity contribution in [3.63, 3.8) is 0 Å². The largest absolute Gasteiger partial charge is 0.439 e. The van der Waals surface area contributed by atoms with Gasteiger partial charge in [-0.05, 0) is 55.8 Å². The zero-order valence-corrected chi connectivity index (χ0v) is 22.8. The van der Waals surface area contributed by atoms with Gasteiger partial charge in [0.25, 0.3) is 21.9 Å². The summed E-state index contributed by atoms with van der Waals surface area (Å²) in [5.74, 6) is -0.0788. The van der Waals surface area contributed by atoms with E-state index in [0.29, 0.717) is 31.3 Å². The van der Waals surface area contributed by atoms with Crippen LogP contribution in [0.1, 0.15) is 46.0 Å². The summed E-state index contributed by atoms with van der Waals surface area (Å²) >= 11 is 5.48. The van der Waals surface area contributed by atoms with Crippen LogP contribution in [0.25, 0.3) is 0 Å². The molecule has 11 heteroatoms. The minimum Gasteiger partial charge on any atom is -0.439 e. The molecule has 1 saturated heterocycles. The lowest BCUT2D eigenvalue weighted by molar-refractivity contribution is -0.133. The maximum Gasteiger partial charge on any atom is 0.265 e. The molecule has 200 valence electrons. The van der Waals surface area contributed by atoms with Gasteiger partial charge < -0.3 is 9.64 Å². The van der Waals surface area contributed by atoms with Crippen molar-refractivity contribution in [2.45, 2.75) is 46.0 Å². The average molecular weight is 548 g/mol. The van der Waals surface area contributed by atoms with E-state index in [2.05, 4.69) is 0 Å². The molecule has 9 nitrogen and oxygen atoms in total. The van der Waals surface area contributed by atoms with Crippen LogP contribution in [-0.4, -0.2) is 65.1 Å². The number of carbonyl (C=O) groups is 2. The number of hydrogen-bond acceptors (Lipinski definition) is 7. The molecule has 1 fully saturated rings. The second kappa shape index (κ2) is 13.0. The summed E-state index contributed by atoms with van der Waals surface area (Å²) < 4.78 is 37.2. The number of carbonyl (C=O) groups excluding carboxylic acids is 2. The predicted octanol–water partition coefficient (Wildman–Crippen LogP) is 4.04. The number of ether oxygens (including phenoxy) is 1. The molecule has 3 rings (SSSR count). The Morgan fingerprint density at radius 1 is 0.892 bits per heavy atom. The number of anilines is 1. The third kappa shape index (κ3) is 7.27. The molecule has 2 heterocycles. The summed E-state index contributed by atoms with van der Waals surface area (Å²) in [6, 6.07) is 7.33. The first-order valence-electron chi connectivity index (χ1n) is 12.4. The van der Waals surface area contributed by atoms with Crippen LogP contribution in [0.2, 0.25) is 0 Å². The van der Waals surface area contributed by atoms with Crippen LogP contribution >= 0.6 is 12.2 Å². The number of nitrogens with zero attached hydrogens (tertiary/aromatic N) is 3. The maximum absolute atomic E-state index is 13.1. The number of fused-ring (bicyclic) bond motifs is 1. The van der Waals surface area contributed by atoms with Crippen molar-refractivity contribution in [3.8, 4) is 5.75 Å². The minimum atomic E-state index is -4.07. The molecule has 37 heavy (non-hydrogen) atoms. The summed E-state index contributed by atoms with van der Waals surface area (Å²) in [6.07, 6.45) is 9.98. The first kappa shape index (κ1) is 28.5. The zero-order chi connectivity index (χ0) is 27.0. The SMILES string of the molecule is CCCCN1C(=O)C(=C/C=C/C=C2\Oc3ccccc3N2CCCS(=O)(=O)O)C(=O)N(CCCC)C1=S. The third-order valence-electron chi connectivity index (χ3n) is 5.92. The number of amides is 2. The second-order valence-electron chi connectivity index (χ2n) is 8.73. The van der Waals surface area contributed by atoms with E-state index in [-0.39, 0.29) is 22.9 Å². The first-order chi connectivity index (χ1) is 17.7. The molecular formula is C26H33N3O6S2. The number of allylic oxidation sites excluding steroid dienone is 4. The van der Waals surface area contributed by atoms with E-state index in [1.165, 1.54) is 15.9 Å². The van der Waals surface area contributed by atoms with Crippen LogP contribution in [0, 0.1) is 0 Å². The Morgan fingerprint density at radius 3 is 2.05 bits per heavy atom. The van der Waals surface area contributed by atoms with Gasteiger partial charge >= 0.3 is 0 Å². The first-order valence-corrected chi connectivity index (χ1v) is 14.5. The van der Waals surface area contributed by atoms with Gasteiger partial charge in [-0.3, -0.25) is 23.9 Å². The Labute approximate surface area is 223 Å². The molecule has 0 aromatic heterocycles. The van der Waals surface area contributed by atoms with Crippen LogP contribution in [0.5, 0.6) is 5.75 Å². The van der Waals surface area contributed by atoms with Crippen molar-refractivity contribution in [1.29, 1.82) is 0 Å². The molecule has 0 saturated carbocycles. The number of thiocarbonyl (C=S) groups is 1. The van der Waals surface area contributed by atoms with Crippen molar-refractivity contribution in [1.82, 2.24) is 9.80 Å². The molecule has 2 aliphatic heterocycles. The van der Waals surface area contributed by atoms with Gasteiger partial charge in [-0.15, -0.1) is 0 Å². The summed E-state index contributed by atoms with van der Waals surface area (Å²) in [5, 5.41) is 0.262. The van der Waals surface area contributed by atoms with Crippen LogP contribution in [0.3, 0.4) is 0 Å². The molecule has 0 aliphatic carbocycles. The lowest BCUT2D eigenvalue weighted by Gasteiger charge is -2.36. The highest BCUT2D eigenvalue weighted by atomic mass is 32.2. The molecule has 0 spiro atoms. The van der Waals surface area contributed by atoms with Crippen LogP contribution < -0.4 is 9.64 Å². The summed E-state index contributed by atoms with van der Waals surface area (Å²) in [7, 11) is -4.07. The predicted molar refractivity (Wildman–Crippen MR) is 147 cm³/mol. The number of unbranched alkanes of at least 4 members (excludes halogenated alkanes) is 2. The molecule has 2 aliphatic rings. The third-order valence-corrected chi connectivity index (χ3v) is 7.16. The van der Waals surface area contributed by atoms with E-state index in [1.807, 2.05) is 36.9 Å². The highest BCUT2D eigenvalue weighted by molar-refractivity contribution is 7.85. The molecule has 0 radical (unpaired) electrons. The average Bonchev–Trinajstić information content (AvgIpc) is 3.20. The zero-order valence-electron chi connectivity index (χ0n) is 21.1. The van der Waals surface area contributed by atoms with E-state index in [4.69, 9.17) is 21.5 Å². The van der Waals surface area contributed by atoms with Gasteiger partial charge in [0.15, 0.2) is 10.9 Å². The Hall–Kier alpha value is -3.02. The molecule has 1 aromatic carbocycles. The van der Waals surface area contributed by atoms with E-state index < -0.39 is 21.9 Å². The summed E-state index contributed by atoms with van der Waals surface area (Å²) in [6.45, 7) is 5.28. The van der Waals surface area contributed by atoms with Crippen LogP contribution in [0.15, 0.2) is 60.0 Å².